The molecule has 0 aromatic heterocycles. The maximum atomic E-state index is 13.0. The molecule has 1 unspecified atom stereocenters. The Kier molecular flexibility index (Phi) is 5.32. The van der Waals surface area contributed by atoms with Crippen LogP contribution in [0.15, 0.2) is 48.5 Å². The molecule has 1 aliphatic heterocycles. The van der Waals surface area contributed by atoms with Crippen LogP contribution in [0.25, 0.3) is 0 Å². The molecular weight excluding hydrogens is 350 g/mol. The Bertz CT molecular complexity index is 890. The van der Waals surface area contributed by atoms with Gasteiger partial charge in [0.2, 0.25) is 0 Å². The molecule has 0 N–H and O–H groups in total. The standard InChI is InChI=1S/C20H23NO4S/c1-25-18-6-3-5-17(13-18)19-7-4-12-21(19)20(22)16-10-8-15(9-11-16)14-26(2,23)24/h3,5-6,8-11,13,19H,4,7,12,14H2,1-2H3. The number of hydrogen-bond acceptors (Lipinski definition) is 4. The number of methoxy groups -OCH3 is 1. The van der Waals surface area contributed by atoms with Crippen molar-refractivity contribution >= 4 is 15.7 Å². The lowest BCUT2D eigenvalue weighted by atomic mass is 10.0. The number of nitrogens with zero attached hydrogens (tertiary/aromatic N) is 1. The predicted molar refractivity (Wildman–Crippen MR) is 101 cm³/mol. The summed E-state index contributed by atoms with van der Waals surface area (Å²) in [5.41, 5.74) is 2.34. The number of ether oxygens (including phenoxy) is 1. The first kappa shape index (κ1) is 18.5. The van der Waals surface area contributed by atoms with Crippen LogP contribution in [-0.2, 0) is 15.6 Å². The summed E-state index contributed by atoms with van der Waals surface area (Å²) < 4.78 is 28.1. The van der Waals surface area contributed by atoms with Crippen molar-refractivity contribution in [2.45, 2.75) is 24.6 Å². The molecule has 0 aliphatic carbocycles. The summed E-state index contributed by atoms with van der Waals surface area (Å²) in [5.74, 6) is 0.741. The molecule has 1 aliphatic rings. The molecule has 3 rings (SSSR count). The van der Waals surface area contributed by atoms with Gasteiger partial charge in [-0.1, -0.05) is 24.3 Å². The van der Waals surface area contributed by atoms with Crippen LogP contribution in [0.2, 0.25) is 0 Å². The third kappa shape index (κ3) is 4.25. The van der Waals surface area contributed by atoms with Crippen LogP contribution in [0.5, 0.6) is 5.75 Å². The minimum absolute atomic E-state index is 0.0163. The second-order valence-corrected chi connectivity index (χ2v) is 8.84. The average Bonchev–Trinajstić information content (AvgIpc) is 3.10. The van der Waals surface area contributed by atoms with Crippen molar-refractivity contribution in [1.82, 2.24) is 4.90 Å². The minimum Gasteiger partial charge on any atom is -0.497 e. The Hall–Kier alpha value is -2.34. The van der Waals surface area contributed by atoms with Gasteiger partial charge >= 0.3 is 0 Å². The maximum Gasteiger partial charge on any atom is 0.254 e. The second-order valence-electron chi connectivity index (χ2n) is 6.70. The number of carbonyl (C=O) groups excluding carboxylic acids is 1. The van der Waals surface area contributed by atoms with Gasteiger partial charge in [-0.2, -0.15) is 0 Å². The van der Waals surface area contributed by atoms with E-state index in [-0.39, 0.29) is 17.7 Å². The van der Waals surface area contributed by atoms with Crippen molar-refractivity contribution in [2.75, 3.05) is 19.9 Å². The van der Waals surface area contributed by atoms with Crippen LogP contribution in [0.3, 0.4) is 0 Å². The third-order valence-electron chi connectivity index (χ3n) is 4.62. The highest BCUT2D eigenvalue weighted by molar-refractivity contribution is 7.89. The average molecular weight is 373 g/mol. The van der Waals surface area contributed by atoms with Gasteiger partial charge in [-0.05, 0) is 48.2 Å². The quantitative estimate of drug-likeness (QED) is 0.807. The van der Waals surface area contributed by atoms with Gasteiger partial charge in [0.15, 0.2) is 9.84 Å². The fourth-order valence-electron chi connectivity index (χ4n) is 3.42. The zero-order valence-corrected chi connectivity index (χ0v) is 15.8. The van der Waals surface area contributed by atoms with E-state index in [2.05, 4.69) is 0 Å². The van der Waals surface area contributed by atoms with Crippen LogP contribution in [-0.4, -0.2) is 39.1 Å². The molecule has 0 radical (unpaired) electrons. The molecule has 1 fully saturated rings. The van der Waals surface area contributed by atoms with Crippen LogP contribution in [0.4, 0.5) is 0 Å². The van der Waals surface area contributed by atoms with Crippen LogP contribution in [0.1, 0.15) is 40.4 Å². The first-order valence-electron chi connectivity index (χ1n) is 8.59. The fraction of sp³-hybridized carbons (Fsp3) is 0.350. The van der Waals surface area contributed by atoms with Gasteiger partial charge in [0.1, 0.15) is 5.75 Å². The van der Waals surface area contributed by atoms with Crippen molar-refractivity contribution in [2.24, 2.45) is 0 Å². The number of rotatable bonds is 5. The monoisotopic (exact) mass is 373 g/mol. The highest BCUT2D eigenvalue weighted by Gasteiger charge is 2.30. The van der Waals surface area contributed by atoms with E-state index in [1.165, 1.54) is 6.26 Å². The normalized spacial score (nSPS) is 17.3. The summed E-state index contributed by atoms with van der Waals surface area (Å²) >= 11 is 0. The Morgan fingerprint density at radius 1 is 1.19 bits per heavy atom. The number of likely N-dealkylation sites (tertiary alicyclic amines) is 1. The van der Waals surface area contributed by atoms with Gasteiger partial charge in [-0.25, -0.2) is 8.42 Å². The summed E-state index contributed by atoms with van der Waals surface area (Å²) in [7, 11) is -1.45. The Morgan fingerprint density at radius 3 is 2.58 bits per heavy atom. The van der Waals surface area contributed by atoms with E-state index in [4.69, 9.17) is 4.74 Å². The van der Waals surface area contributed by atoms with Gasteiger partial charge < -0.3 is 9.64 Å². The van der Waals surface area contributed by atoms with Crippen molar-refractivity contribution in [3.63, 3.8) is 0 Å². The molecule has 0 saturated carbocycles. The number of hydrogen-bond donors (Lipinski definition) is 0. The lowest BCUT2D eigenvalue weighted by molar-refractivity contribution is 0.0735. The molecular formula is C20H23NO4S. The second kappa shape index (κ2) is 7.50. The molecule has 5 nitrogen and oxygen atoms in total. The Morgan fingerprint density at radius 2 is 1.92 bits per heavy atom. The summed E-state index contributed by atoms with van der Waals surface area (Å²) in [5, 5.41) is 0. The predicted octanol–water partition coefficient (Wildman–Crippen LogP) is 3.22. The Balaban J connectivity index is 1.79. The first-order chi connectivity index (χ1) is 12.4. The smallest absolute Gasteiger partial charge is 0.254 e. The van der Waals surface area contributed by atoms with Gasteiger partial charge in [-0.15, -0.1) is 0 Å². The largest absolute Gasteiger partial charge is 0.497 e. The zero-order chi connectivity index (χ0) is 18.7. The summed E-state index contributed by atoms with van der Waals surface area (Å²) in [6.07, 6.45) is 3.08. The third-order valence-corrected chi connectivity index (χ3v) is 5.48. The zero-order valence-electron chi connectivity index (χ0n) is 15.0. The van der Waals surface area contributed by atoms with E-state index in [1.54, 1.807) is 31.4 Å². The van der Waals surface area contributed by atoms with E-state index >= 15 is 0 Å². The molecule has 2 aromatic rings. The molecule has 2 aromatic carbocycles. The molecule has 0 bridgehead atoms. The summed E-state index contributed by atoms with van der Waals surface area (Å²) in [6, 6.07) is 14.7. The molecule has 0 spiro atoms. The topological polar surface area (TPSA) is 63.7 Å². The number of sulfone groups is 1. The Labute approximate surface area is 154 Å². The van der Waals surface area contributed by atoms with E-state index in [9.17, 15) is 13.2 Å². The van der Waals surface area contributed by atoms with Gasteiger partial charge in [0, 0.05) is 18.4 Å². The SMILES string of the molecule is COc1cccc(C2CCCN2C(=O)c2ccc(CS(C)(=O)=O)cc2)c1. The minimum atomic E-state index is -3.08. The molecule has 138 valence electrons. The van der Waals surface area contributed by atoms with Crippen LogP contribution < -0.4 is 4.74 Å². The lowest BCUT2D eigenvalue weighted by Gasteiger charge is -2.25. The van der Waals surface area contributed by atoms with Crippen molar-refractivity contribution in [1.29, 1.82) is 0 Å². The van der Waals surface area contributed by atoms with Crippen molar-refractivity contribution in [3.8, 4) is 5.75 Å². The highest BCUT2D eigenvalue weighted by Crippen LogP contribution is 2.34. The number of amides is 1. The van der Waals surface area contributed by atoms with E-state index in [1.807, 2.05) is 29.2 Å². The van der Waals surface area contributed by atoms with Crippen molar-refractivity contribution < 1.29 is 17.9 Å². The maximum absolute atomic E-state index is 13.0. The van der Waals surface area contributed by atoms with Gasteiger partial charge in [-0.3, -0.25) is 4.79 Å². The lowest BCUT2D eigenvalue weighted by Crippen LogP contribution is -2.30. The van der Waals surface area contributed by atoms with Gasteiger partial charge in [0.25, 0.3) is 5.91 Å². The molecule has 26 heavy (non-hydrogen) atoms. The molecule has 1 saturated heterocycles. The first-order valence-corrected chi connectivity index (χ1v) is 10.6. The number of benzene rings is 2. The molecule has 6 heteroatoms. The highest BCUT2D eigenvalue weighted by atomic mass is 32.2. The molecule has 1 atom stereocenters. The van der Waals surface area contributed by atoms with Crippen molar-refractivity contribution in [3.05, 3.63) is 65.2 Å². The number of carbonyl (C=O) groups is 1. The molecule has 1 amide bonds. The van der Waals surface area contributed by atoms with E-state index in [0.29, 0.717) is 17.7 Å². The van der Waals surface area contributed by atoms with Crippen LogP contribution in [0, 0.1) is 0 Å². The fourth-order valence-corrected chi connectivity index (χ4v) is 4.22. The van der Waals surface area contributed by atoms with Crippen LogP contribution >= 0.6 is 0 Å². The molecule has 1 heterocycles. The summed E-state index contributed by atoms with van der Waals surface area (Å²) in [6.45, 7) is 0.714. The van der Waals surface area contributed by atoms with E-state index < -0.39 is 9.84 Å². The van der Waals surface area contributed by atoms with E-state index in [0.717, 1.165) is 24.2 Å². The van der Waals surface area contributed by atoms with Gasteiger partial charge in [0.05, 0.1) is 18.9 Å². The summed E-state index contributed by atoms with van der Waals surface area (Å²) in [4.78, 5) is 14.8.